The lowest BCUT2D eigenvalue weighted by molar-refractivity contribution is 0.0564. The minimum Gasteiger partial charge on any atom is -0.491 e. The molecule has 0 radical (unpaired) electrons. The average Bonchev–Trinajstić information content (AvgIpc) is 2.89. The lowest BCUT2D eigenvalue weighted by Gasteiger charge is -2.30. The highest BCUT2D eigenvalue weighted by atomic mass is 35.5. The Labute approximate surface area is 255 Å². The Hall–Kier alpha value is -1.94. The van der Waals surface area contributed by atoms with Crippen molar-refractivity contribution >= 4 is 41.7 Å². The highest BCUT2D eigenvalue weighted by Crippen LogP contribution is 2.19. The topological polar surface area (TPSA) is 112 Å². The molecule has 40 heavy (non-hydrogen) atoms. The second kappa shape index (κ2) is 22.7. The molecule has 0 saturated heterocycles. The molecule has 0 fully saturated rings. The fraction of sp³-hybridized carbons (Fsp3) is 0.552. The van der Waals surface area contributed by atoms with Crippen LogP contribution in [-0.2, 0) is 22.3 Å². The molecule has 228 valence electrons. The Kier molecular flexibility index (Phi) is 21.6. The van der Waals surface area contributed by atoms with Gasteiger partial charge in [0.2, 0.25) is 0 Å². The number of hydrogen-bond acceptors (Lipinski definition) is 6. The molecule has 0 saturated carbocycles. The predicted octanol–water partition coefficient (Wildman–Crippen LogP) is 5.79. The summed E-state index contributed by atoms with van der Waals surface area (Å²) in [4.78, 5) is 10.8. The average molecular weight is 624 g/mol. The molecule has 0 aliphatic heterocycles. The zero-order valence-electron chi connectivity index (χ0n) is 23.7. The zero-order valence-corrected chi connectivity index (χ0v) is 26.0. The number of hydrogen-bond donors (Lipinski definition) is 3. The van der Waals surface area contributed by atoms with Crippen LogP contribution in [0.1, 0.15) is 31.9 Å². The molecule has 0 heterocycles. The van der Waals surface area contributed by atoms with Gasteiger partial charge in [0.15, 0.2) is 0 Å². The number of amides is 1. The molecule has 0 aliphatic rings. The summed E-state index contributed by atoms with van der Waals surface area (Å²) in [6, 6.07) is 15.5. The van der Waals surface area contributed by atoms with Gasteiger partial charge in [0.05, 0.1) is 32.5 Å². The van der Waals surface area contributed by atoms with Gasteiger partial charge in [-0.25, -0.2) is 4.79 Å². The van der Waals surface area contributed by atoms with E-state index in [9.17, 15) is 4.79 Å². The van der Waals surface area contributed by atoms with Gasteiger partial charge in [0.1, 0.15) is 24.7 Å². The largest absolute Gasteiger partial charge is 0.491 e. The monoisotopic (exact) mass is 622 g/mol. The van der Waals surface area contributed by atoms with E-state index in [0.717, 1.165) is 24.3 Å². The summed E-state index contributed by atoms with van der Waals surface area (Å²) in [5, 5.41) is 11.3. The molecule has 1 amide bonds. The molecule has 2 aromatic carbocycles. The Bertz CT molecular complexity index is 896. The number of rotatable bonds is 17. The van der Waals surface area contributed by atoms with Crippen molar-refractivity contribution in [1.29, 1.82) is 0 Å². The lowest BCUT2D eigenvalue weighted by atomic mass is 9.87. The first kappa shape index (κ1) is 38.1. The van der Waals surface area contributed by atoms with Crippen molar-refractivity contribution in [2.45, 2.75) is 39.7 Å². The number of benzene rings is 2. The van der Waals surface area contributed by atoms with Crippen LogP contribution >= 0.6 is 35.6 Å². The quantitative estimate of drug-likeness (QED) is 0.151. The summed E-state index contributed by atoms with van der Waals surface area (Å²) >= 11 is 11.3. The fourth-order valence-electron chi connectivity index (χ4n) is 3.20. The molecule has 0 bridgehead atoms. The van der Waals surface area contributed by atoms with E-state index in [1.165, 1.54) is 11.1 Å². The highest BCUT2D eigenvalue weighted by molar-refractivity contribution is 6.18. The molecule has 1 atom stereocenters. The molecular formula is C29H45Cl3N2O6. The van der Waals surface area contributed by atoms with Gasteiger partial charge in [0.25, 0.3) is 0 Å². The number of halogens is 3. The molecule has 0 aliphatic carbocycles. The second-order valence-corrected chi connectivity index (χ2v) is 10.5. The van der Waals surface area contributed by atoms with Crippen LogP contribution in [-0.4, -0.2) is 75.2 Å². The minimum absolute atomic E-state index is 0. The van der Waals surface area contributed by atoms with Gasteiger partial charge in [0, 0.05) is 18.3 Å². The maximum atomic E-state index is 10.8. The van der Waals surface area contributed by atoms with Gasteiger partial charge in [-0.05, 0) is 53.6 Å². The van der Waals surface area contributed by atoms with Crippen LogP contribution in [0.5, 0.6) is 11.5 Å². The van der Waals surface area contributed by atoms with Crippen molar-refractivity contribution in [3.05, 3.63) is 59.7 Å². The van der Waals surface area contributed by atoms with Gasteiger partial charge >= 0.3 is 6.09 Å². The predicted molar refractivity (Wildman–Crippen MR) is 165 cm³/mol. The normalized spacial score (nSPS) is 11.4. The first-order valence-electron chi connectivity index (χ1n) is 13.1. The smallest absolute Gasteiger partial charge is 0.404 e. The van der Waals surface area contributed by atoms with E-state index in [-0.39, 0.29) is 23.9 Å². The summed E-state index contributed by atoms with van der Waals surface area (Å²) < 4.78 is 21.8. The molecule has 0 spiro atoms. The van der Waals surface area contributed by atoms with Gasteiger partial charge in [-0.2, -0.15) is 0 Å². The number of carbonyl (C=O) groups is 1. The summed E-state index contributed by atoms with van der Waals surface area (Å²) in [5.41, 5.74) is 7.48. The number of nitrogens with two attached hydrogens (primary N) is 1. The molecule has 1 unspecified atom stereocenters. The molecule has 2 rings (SSSR count). The zero-order chi connectivity index (χ0) is 28.9. The number of nitrogens with one attached hydrogen (secondary N) is 1. The van der Waals surface area contributed by atoms with Crippen LogP contribution in [0.2, 0.25) is 0 Å². The summed E-state index contributed by atoms with van der Waals surface area (Å²) in [6.45, 7) is 9.28. The molecule has 11 heteroatoms. The lowest BCUT2D eigenvalue weighted by Crippen LogP contribution is -2.46. The molecule has 8 nitrogen and oxygen atoms in total. The highest BCUT2D eigenvalue weighted by Gasteiger charge is 2.26. The van der Waals surface area contributed by atoms with E-state index in [2.05, 4.69) is 5.32 Å². The minimum atomic E-state index is -1.04. The Morgan fingerprint density at radius 1 is 0.825 bits per heavy atom. The van der Waals surface area contributed by atoms with Crippen molar-refractivity contribution in [3.63, 3.8) is 0 Å². The third kappa shape index (κ3) is 18.4. The summed E-state index contributed by atoms with van der Waals surface area (Å²) in [5.74, 6) is 2.89. The van der Waals surface area contributed by atoms with Crippen LogP contribution in [0.15, 0.2) is 48.5 Å². The molecule has 2 aromatic rings. The molecule has 0 aromatic heterocycles. The van der Waals surface area contributed by atoms with Crippen LogP contribution in [0.4, 0.5) is 4.79 Å². The van der Waals surface area contributed by atoms with Crippen LogP contribution < -0.4 is 20.5 Å². The van der Waals surface area contributed by atoms with Crippen LogP contribution in [0, 0.1) is 5.41 Å². The van der Waals surface area contributed by atoms with Gasteiger partial charge in [-0.15, -0.1) is 35.6 Å². The molecule has 4 N–H and O–H groups in total. The van der Waals surface area contributed by atoms with E-state index in [1.54, 1.807) is 0 Å². The fourth-order valence-corrected chi connectivity index (χ4v) is 3.64. The van der Waals surface area contributed by atoms with Gasteiger partial charge in [-0.1, -0.05) is 45.0 Å². The van der Waals surface area contributed by atoms with E-state index in [1.807, 2.05) is 69.3 Å². The SMILES string of the molecule is CC(C)(C)C(COCCOc1ccc(CCCl)cc1)NC(=O)O.Cl.NCCOCCOc1ccc(CCCl)cc1. The maximum absolute atomic E-state index is 10.8. The summed E-state index contributed by atoms with van der Waals surface area (Å²) in [7, 11) is 0. The van der Waals surface area contributed by atoms with Crippen molar-refractivity contribution in [2.24, 2.45) is 11.1 Å². The van der Waals surface area contributed by atoms with Gasteiger partial charge < -0.3 is 35.1 Å². The number of alkyl halides is 2. The summed E-state index contributed by atoms with van der Waals surface area (Å²) in [6.07, 6.45) is 0.693. The van der Waals surface area contributed by atoms with E-state index in [4.69, 9.17) is 53.0 Å². The Morgan fingerprint density at radius 2 is 1.27 bits per heavy atom. The van der Waals surface area contributed by atoms with Crippen LogP contribution in [0.25, 0.3) is 0 Å². The first-order chi connectivity index (χ1) is 18.7. The van der Waals surface area contributed by atoms with E-state index in [0.29, 0.717) is 57.9 Å². The third-order valence-electron chi connectivity index (χ3n) is 5.50. The number of ether oxygens (including phenoxy) is 4. The van der Waals surface area contributed by atoms with Gasteiger partial charge in [-0.3, -0.25) is 0 Å². The van der Waals surface area contributed by atoms with Crippen molar-refractivity contribution in [3.8, 4) is 11.5 Å². The van der Waals surface area contributed by atoms with E-state index >= 15 is 0 Å². The number of aryl methyl sites for hydroxylation is 2. The van der Waals surface area contributed by atoms with Crippen molar-refractivity contribution < 1.29 is 28.8 Å². The van der Waals surface area contributed by atoms with E-state index < -0.39 is 6.09 Å². The standard InChI is InChI=1S/C17H26ClNO4.C12H18ClNO2.ClH/c1-17(2,3)15(19-16(20)21)12-22-10-11-23-14-6-4-13(5-7-14)8-9-18;13-6-5-11-1-3-12(4-2-11)16-10-9-15-8-7-14;/h4-7,15,19H,8-12H2,1-3H3,(H,20,21);1-4H,5-10,14H2;1H. The second-order valence-electron chi connectivity index (χ2n) is 9.71. The third-order valence-corrected chi connectivity index (χ3v) is 5.87. The number of carboxylic acid groups (broad SMARTS) is 1. The maximum Gasteiger partial charge on any atom is 0.404 e. The molecular weight excluding hydrogens is 579 g/mol. The van der Waals surface area contributed by atoms with Crippen LogP contribution in [0.3, 0.4) is 0 Å². The van der Waals surface area contributed by atoms with Crippen molar-refractivity contribution in [1.82, 2.24) is 5.32 Å². The van der Waals surface area contributed by atoms with Crippen molar-refractivity contribution in [2.75, 3.05) is 57.9 Å². The Morgan fingerprint density at radius 3 is 1.65 bits per heavy atom. The Balaban J connectivity index is 0.000000788. The first-order valence-corrected chi connectivity index (χ1v) is 14.2.